The lowest BCUT2D eigenvalue weighted by atomic mass is 10.0. The molecule has 0 spiro atoms. The molecule has 3 rings (SSSR count). The van der Waals surface area contributed by atoms with Crippen LogP contribution in [0, 0.1) is 0 Å². The van der Waals surface area contributed by atoms with Gasteiger partial charge in [0.25, 0.3) is 0 Å². The number of aryl methyl sites for hydroxylation is 2. The molecule has 1 aromatic heterocycles. The van der Waals surface area contributed by atoms with Crippen LogP contribution in [0.25, 0.3) is 0 Å². The van der Waals surface area contributed by atoms with Crippen LogP contribution in [0.1, 0.15) is 54.6 Å². The molecule has 24 heavy (non-hydrogen) atoms. The van der Waals surface area contributed by atoms with Crippen LogP contribution in [-0.4, -0.2) is 25.8 Å². The summed E-state index contributed by atoms with van der Waals surface area (Å²) in [6, 6.07) is 6.05. The zero-order chi connectivity index (χ0) is 17.1. The summed E-state index contributed by atoms with van der Waals surface area (Å²) in [5.41, 5.74) is 3.22. The van der Waals surface area contributed by atoms with E-state index in [1.165, 1.54) is 29.3 Å². The largest absolute Gasteiger partial charge is 0.343 e. The molecule has 128 valence electrons. The number of hydrogen-bond donors (Lipinski definition) is 1. The summed E-state index contributed by atoms with van der Waals surface area (Å²) < 4.78 is 1.63. The van der Waals surface area contributed by atoms with E-state index in [4.69, 9.17) is 0 Å². The maximum atomic E-state index is 12.7. The van der Waals surface area contributed by atoms with Gasteiger partial charge in [-0.1, -0.05) is 37.2 Å². The molecule has 0 radical (unpaired) electrons. The van der Waals surface area contributed by atoms with Gasteiger partial charge in [0.05, 0.1) is 5.25 Å². The van der Waals surface area contributed by atoms with E-state index in [0.29, 0.717) is 11.7 Å². The highest BCUT2D eigenvalue weighted by Crippen LogP contribution is 2.27. The number of aromatic nitrogens is 3. The van der Waals surface area contributed by atoms with Gasteiger partial charge >= 0.3 is 5.69 Å². The molecule has 0 saturated heterocycles. The second-order valence-electron chi connectivity index (χ2n) is 6.28. The van der Waals surface area contributed by atoms with E-state index < -0.39 is 0 Å². The lowest BCUT2D eigenvalue weighted by Gasteiger charge is -2.11. The molecule has 1 aliphatic carbocycles. The molecule has 1 aromatic carbocycles. The molecule has 1 heterocycles. The average molecular weight is 345 g/mol. The number of carbonyl (C=O) groups excluding carboxylic acids is 1. The first kappa shape index (κ1) is 17.0. The molecule has 1 atom stereocenters. The third-order valence-corrected chi connectivity index (χ3v) is 5.58. The number of benzene rings is 1. The zero-order valence-electron chi connectivity index (χ0n) is 14.2. The van der Waals surface area contributed by atoms with Crippen LogP contribution in [0.2, 0.25) is 0 Å². The van der Waals surface area contributed by atoms with Gasteiger partial charge in [0.15, 0.2) is 10.9 Å². The smallest absolute Gasteiger partial charge is 0.293 e. The predicted octanol–water partition coefficient (Wildman–Crippen LogP) is 3.22. The van der Waals surface area contributed by atoms with Crippen LogP contribution < -0.4 is 5.69 Å². The molecule has 5 nitrogen and oxygen atoms in total. The first-order chi connectivity index (χ1) is 11.6. The van der Waals surface area contributed by atoms with Gasteiger partial charge in [0, 0.05) is 12.1 Å². The Hall–Kier alpha value is -1.82. The molecular formula is C18H23N3O2S. The van der Waals surface area contributed by atoms with Gasteiger partial charge in [-0.25, -0.2) is 9.89 Å². The van der Waals surface area contributed by atoms with E-state index in [2.05, 4.69) is 23.2 Å². The summed E-state index contributed by atoms with van der Waals surface area (Å²) in [7, 11) is 0. The van der Waals surface area contributed by atoms with Crippen LogP contribution in [0.15, 0.2) is 28.2 Å². The minimum atomic E-state index is -0.278. The highest BCUT2D eigenvalue weighted by atomic mass is 32.2. The normalized spacial score (nSPS) is 14.6. The molecule has 2 aromatic rings. The van der Waals surface area contributed by atoms with Gasteiger partial charge < -0.3 is 0 Å². The van der Waals surface area contributed by atoms with Crippen LogP contribution in [0.3, 0.4) is 0 Å². The number of thioether (sulfide) groups is 1. The summed E-state index contributed by atoms with van der Waals surface area (Å²) >= 11 is 1.35. The lowest BCUT2D eigenvalue weighted by Crippen LogP contribution is -2.19. The standard InChI is InChI=1S/C18H23N3O2S/c1-3-4-10-21-17(23)19-20-18(21)24-12(2)16(22)15-9-8-13-6-5-7-14(13)11-15/h8-9,11-12H,3-7,10H2,1-2H3,(H,19,23). The number of Topliss-reactive ketones (excluding diaryl/α,β-unsaturated/α-hetero) is 1. The van der Waals surface area contributed by atoms with Crippen molar-refractivity contribution in [3.05, 3.63) is 45.4 Å². The van der Waals surface area contributed by atoms with Gasteiger partial charge in [-0.05, 0) is 49.8 Å². The van der Waals surface area contributed by atoms with Crippen molar-refractivity contribution in [2.24, 2.45) is 0 Å². The first-order valence-electron chi connectivity index (χ1n) is 8.58. The highest BCUT2D eigenvalue weighted by Gasteiger charge is 2.21. The first-order valence-corrected chi connectivity index (χ1v) is 9.46. The Labute approximate surface area is 145 Å². The lowest BCUT2D eigenvalue weighted by molar-refractivity contribution is 0.0993. The van der Waals surface area contributed by atoms with Gasteiger partial charge in [-0.15, -0.1) is 5.10 Å². The number of nitrogens with one attached hydrogen (secondary N) is 1. The Balaban J connectivity index is 1.74. The van der Waals surface area contributed by atoms with Crippen LogP contribution in [0.5, 0.6) is 0 Å². The van der Waals surface area contributed by atoms with Crippen LogP contribution >= 0.6 is 11.8 Å². The molecular weight excluding hydrogens is 322 g/mol. The number of H-pyrrole nitrogens is 1. The summed E-state index contributed by atoms with van der Waals surface area (Å²) in [5.74, 6) is 0.0900. The molecule has 0 amide bonds. The number of hydrogen-bond acceptors (Lipinski definition) is 4. The van der Waals surface area contributed by atoms with Crippen molar-refractivity contribution in [1.82, 2.24) is 14.8 Å². The molecule has 1 aliphatic rings. The number of fused-ring (bicyclic) bond motifs is 1. The number of unbranched alkanes of at least 4 members (excludes halogenated alkanes) is 1. The van der Waals surface area contributed by atoms with E-state index in [1.807, 2.05) is 19.1 Å². The van der Waals surface area contributed by atoms with E-state index >= 15 is 0 Å². The van der Waals surface area contributed by atoms with Gasteiger partial charge in [-0.3, -0.25) is 9.36 Å². The third kappa shape index (κ3) is 3.48. The SMILES string of the molecule is CCCCn1c(SC(C)C(=O)c2ccc3c(c2)CCC3)n[nH]c1=O. The van der Waals surface area contributed by atoms with Gasteiger partial charge in [0.2, 0.25) is 0 Å². The highest BCUT2D eigenvalue weighted by molar-refractivity contribution is 8.00. The van der Waals surface area contributed by atoms with Crippen LogP contribution in [-0.2, 0) is 19.4 Å². The number of carbonyl (C=O) groups is 1. The van der Waals surface area contributed by atoms with E-state index in [-0.39, 0.29) is 16.7 Å². The fourth-order valence-electron chi connectivity index (χ4n) is 3.08. The minimum absolute atomic E-state index is 0.0900. The number of ketones is 1. The Morgan fingerprint density at radius 1 is 1.38 bits per heavy atom. The predicted molar refractivity (Wildman–Crippen MR) is 95.9 cm³/mol. The second-order valence-corrected chi connectivity index (χ2v) is 7.59. The molecule has 0 fully saturated rings. The summed E-state index contributed by atoms with van der Waals surface area (Å²) in [6.45, 7) is 4.59. The molecule has 0 saturated carbocycles. The maximum Gasteiger partial charge on any atom is 0.343 e. The fraction of sp³-hybridized carbons (Fsp3) is 0.500. The third-order valence-electron chi connectivity index (χ3n) is 4.49. The molecule has 1 N–H and O–H groups in total. The Kier molecular flexibility index (Phi) is 5.23. The Morgan fingerprint density at radius 3 is 2.96 bits per heavy atom. The topological polar surface area (TPSA) is 67.8 Å². The quantitative estimate of drug-likeness (QED) is 0.618. The van der Waals surface area contributed by atoms with Crippen molar-refractivity contribution in [1.29, 1.82) is 0 Å². The molecule has 0 bridgehead atoms. The van der Waals surface area contributed by atoms with Gasteiger partial charge in [0.1, 0.15) is 0 Å². The molecule has 1 unspecified atom stereocenters. The van der Waals surface area contributed by atoms with E-state index in [9.17, 15) is 9.59 Å². The molecule has 0 aliphatic heterocycles. The Morgan fingerprint density at radius 2 is 2.17 bits per heavy atom. The van der Waals surface area contributed by atoms with Crippen molar-refractivity contribution in [3.63, 3.8) is 0 Å². The number of nitrogens with zero attached hydrogens (tertiary/aromatic N) is 2. The van der Waals surface area contributed by atoms with Crippen molar-refractivity contribution >= 4 is 17.5 Å². The van der Waals surface area contributed by atoms with Crippen molar-refractivity contribution in [2.45, 2.75) is 62.9 Å². The molecule has 6 heteroatoms. The average Bonchev–Trinajstić information content (AvgIpc) is 3.18. The monoisotopic (exact) mass is 345 g/mol. The summed E-state index contributed by atoms with van der Waals surface area (Å²) in [4.78, 5) is 24.6. The van der Waals surface area contributed by atoms with E-state index in [1.54, 1.807) is 4.57 Å². The Bertz CT molecular complexity index is 794. The van der Waals surface area contributed by atoms with Gasteiger partial charge in [-0.2, -0.15) is 0 Å². The van der Waals surface area contributed by atoms with Crippen LogP contribution in [0.4, 0.5) is 0 Å². The minimum Gasteiger partial charge on any atom is -0.293 e. The number of aromatic amines is 1. The van der Waals surface area contributed by atoms with Crippen molar-refractivity contribution in [2.75, 3.05) is 0 Å². The van der Waals surface area contributed by atoms with E-state index in [0.717, 1.165) is 31.2 Å². The number of rotatable bonds is 7. The second kappa shape index (κ2) is 7.38. The zero-order valence-corrected chi connectivity index (χ0v) is 15.0. The summed E-state index contributed by atoms with van der Waals surface area (Å²) in [5, 5.41) is 6.88. The maximum absolute atomic E-state index is 12.7. The van der Waals surface area contributed by atoms with Crippen molar-refractivity contribution < 1.29 is 4.79 Å². The van der Waals surface area contributed by atoms with Crippen molar-refractivity contribution in [3.8, 4) is 0 Å². The fourth-order valence-corrected chi connectivity index (χ4v) is 4.04. The summed E-state index contributed by atoms with van der Waals surface area (Å²) in [6.07, 6.45) is 5.28.